The summed E-state index contributed by atoms with van der Waals surface area (Å²) >= 11 is 0. The highest BCUT2D eigenvalue weighted by molar-refractivity contribution is 5.85. The molecule has 4 rings (SSSR count). The zero-order valence-corrected chi connectivity index (χ0v) is 24.4. The third-order valence-corrected chi connectivity index (χ3v) is 7.25. The summed E-state index contributed by atoms with van der Waals surface area (Å²) in [7, 11) is 0. The van der Waals surface area contributed by atoms with E-state index >= 15 is 0 Å². The first-order valence-corrected chi connectivity index (χ1v) is 13.8. The lowest BCUT2D eigenvalue weighted by Crippen LogP contribution is -2.47. The Morgan fingerprint density at radius 2 is 1.64 bits per heavy atom. The van der Waals surface area contributed by atoms with Crippen molar-refractivity contribution < 1.29 is 19.0 Å². The maximum absolute atomic E-state index is 12.7. The van der Waals surface area contributed by atoms with E-state index in [0.717, 1.165) is 35.4 Å². The Hall–Kier alpha value is -2.86. The number of ether oxygens (including phenoxy) is 3. The van der Waals surface area contributed by atoms with Crippen molar-refractivity contribution in [1.82, 2.24) is 4.90 Å². The van der Waals surface area contributed by atoms with Crippen LogP contribution in [0.4, 0.5) is 0 Å². The van der Waals surface area contributed by atoms with E-state index in [1.807, 2.05) is 37.3 Å². The van der Waals surface area contributed by atoms with Crippen LogP contribution in [0.3, 0.4) is 0 Å². The molecule has 0 bridgehead atoms. The second kappa shape index (κ2) is 15.1. The van der Waals surface area contributed by atoms with E-state index < -0.39 is 0 Å². The van der Waals surface area contributed by atoms with E-state index in [-0.39, 0.29) is 36.4 Å². The summed E-state index contributed by atoms with van der Waals surface area (Å²) in [5.41, 5.74) is 4.57. The molecule has 6 heteroatoms. The number of morpholine rings is 1. The minimum atomic E-state index is -0.277. The molecule has 0 radical (unpaired) electrons. The first-order valence-electron chi connectivity index (χ1n) is 13.8. The number of hydrogen-bond donors (Lipinski definition) is 0. The van der Waals surface area contributed by atoms with Crippen LogP contribution in [-0.2, 0) is 27.3 Å². The summed E-state index contributed by atoms with van der Waals surface area (Å²) in [4.78, 5) is 15.1. The molecule has 0 N–H and O–H groups in total. The third-order valence-electron chi connectivity index (χ3n) is 7.25. The molecule has 0 amide bonds. The number of halogens is 1. The van der Waals surface area contributed by atoms with Crippen LogP contribution in [0.2, 0.25) is 0 Å². The van der Waals surface area contributed by atoms with Gasteiger partial charge >= 0.3 is 5.97 Å². The van der Waals surface area contributed by atoms with Gasteiger partial charge in [0.15, 0.2) is 0 Å². The fourth-order valence-corrected chi connectivity index (χ4v) is 4.95. The van der Waals surface area contributed by atoms with Crippen molar-refractivity contribution in [2.75, 3.05) is 26.3 Å². The van der Waals surface area contributed by atoms with Crippen LogP contribution in [0.5, 0.6) is 5.75 Å². The Morgan fingerprint density at radius 1 is 0.949 bits per heavy atom. The van der Waals surface area contributed by atoms with E-state index in [1.54, 1.807) is 0 Å². The highest BCUT2D eigenvalue weighted by Crippen LogP contribution is 2.30. The monoisotopic (exact) mass is 551 g/mol. The molecule has 0 saturated carbocycles. The number of hydrogen-bond acceptors (Lipinski definition) is 5. The van der Waals surface area contributed by atoms with Gasteiger partial charge in [-0.25, -0.2) is 0 Å². The maximum atomic E-state index is 12.7. The first-order chi connectivity index (χ1) is 18.4. The van der Waals surface area contributed by atoms with Gasteiger partial charge in [0.1, 0.15) is 19.0 Å². The lowest BCUT2D eigenvalue weighted by atomic mass is 9.97. The number of esters is 1. The molecule has 3 unspecified atom stereocenters. The normalized spacial score (nSPS) is 18.3. The lowest BCUT2D eigenvalue weighted by molar-refractivity contribution is -0.146. The van der Waals surface area contributed by atoms with Crippen molar-refractivity contribution in [2.45, 2.75) is 58.8 Å². The van der Waals surface area contributed by atoms with E-state index in [2.05, 4.69) is 74.2 Å². The molecular formula is C33H42ClNO4. The minimum absolute atomic E-state index is 0. The molecule has 3 aromatic rings. The molecule has 0 spiro atoms. The Labute approximate surface area is 239 Å². The molecule has 3 aromatic carbocycles. The molecule has 1 aliphatic heterocycles. The molecule has 0 aromatic heterocycles. The predicted molar refractivity (Wildman–Crippen MR) is 159 cm³/mol. The van der Waals surface area contributed by atoms with Crippen LogP contribution >= 0.6 is 12.4 Å². The fourth-order valence-electron chi connectivity index (χ4n) is 4.95. The SMILES string of the molecule is CC(C)Cc1ccc(C(C)C(=O)OCCN2CCOC(c3ccc(OCc4ccccc4)cc3)C2C)cc1.Cl. The number of carbonyl (C=O) groups is 1. The van der Waals surface area contributed by atoms with Crippen LogP contribution < -0.4 is 4.74 Å². The van der Waals surface area contributed by atoms with Gasteiger partial charge in [0, 0.05) is 19.1 Å². The molecule has 5 nitrogen and oxygen atoms in total. The standard InChI is InChI=1S/C33H41NO4.ClH/c1-24(2)22-27-10-12-29(13-11-27)25(3)33(35)37-21-19-34-18-20-36-32(26(34)4)30-14-16-31(17-15-30)38-23-28-8-6-5-7-9-28;/h5-17,24-26,32H,18-23H2,1-4H3;1H. The molecule has 0 aliphatic carbocycles. The number of rotatable bonds is 11. The van der Waals surface area contributed by atoms with Gasteiger partial charge in [-0.3, -0.25) is 9.69 Å². The lowest BCUT2D eigenvalue weighted by Gasteiger charge is -2.39. The van der Waals surface area contributed by atoms with Gasteiger partial charge in [-0.2, -0.15) is 0 Å². The average molecular weight is 552 g/mol. The van der Waals surface area contributed by atoms with Crippen LogP contribution in [-0.4, -0.2) is 43.2 Å². The molecule has 39 heavy (non-hydrogen) atoms. The zero-order chi connectivity index (χ0) is 26.9. The van der Waals surface area contributed by atoms with Gasteiger partial charge in [0.05, 0.1) is 18.6 Å². The second-order valence-electron chi connectivity index (χ2n) is 10.6. The van der Waals surface area contributed by atoms with Gasteiger partial charge < -0.3 is 14.2 Å². The average Bonchev–Trinajstić information content (AvgIpc) is 2.93. The molecule has 210 valence electrons. The number of carbonyl (C=O) groups excluding carboxylic acids is 1. The molecular weight excluding hydrogens is 510 g/mol. The van der Waals surface area contributed by atoms with E-state index in [0.29, 0.717) is 32.3 Å². The number of nitrogens with zero attached hydrogens (tertiary/aromatic N) is 1. The van der Waals surface area contributed by atoms with Crippen LogP contribution in [0, 0.1) is 5.92 Å². The number of benzene rings is 3. The van der Waals surface area contributed by atoms with Crippen molar-refractivity contribution in [3.05, 3.63) is 101 Å². The summed E-state index contributed by atoms with van der Waals surface area (Å²) in [5.74, 6) is 1.00. The summed E-state index contributed by atoms with van der Waals surface area (Å²) in [5, 5.41) is 0. The zero-order valence-electron chi connectivity index (χ0n) is 23.5. The largest absolute Gasteiger partial charge is 0.489 e. The molecule has 1 fully saturated rings. The molecule has 1 saturated heterocycles. The minimum Gasteiger partial charge on any atom is -0.489 e. The van der Waals surface area contributed by atoms with Crippen molar-refractivity contribution in [2.24, 2.45) is 5.92 Å². The van der Waals surface area contributed by atoms with Gasteiger partial charge in [0.2, 0.25) is 0 Å². The molecule has 1 heterocycles. The Balaban J connectivity index is 0.00000420. The van der Waals surface area contributed by atoms with Crippen molar-refractivity contribution in [1.29, 1.82) is 0 Å². The molecule has 3 atom stereocenters. The van der Waals surface area contributed by atoms with Crippen LogP contribution in [0.25, 0.3) is 0 Å². The highest BCUT2D eigenvalue weighted by atomic mass is 35.5. The van der Waals surface area contributed by atoms with Crippen molar-refractivity contribution in [3.63, 3.8) is 0 Å². The third kappa shape index (κ3) is 8.82. The van der Waals surface area contributed by atoms with E-state index in [1.165, 1.54) is 5.56 Å². The topological polar surface area (TPSA) is 48.0 Å². The predicted octanol–water partition coefficient (Wildman–Crippen LogP) is 6.99. The van der Waals surface area contributed by atoms with Crippen molar-refractivity contribution in [3.8, 4) is 5.75 Å². The van der Waals surface area contributed by atoms with Gasteiger partial charge in [-0.15, -0.1) is 12.4 Å². The van der Waals surface area contributed by atoms with Gasteiger partial charge in [-0.1, -0.05) is 80.6 Å². The highest BCUT2D eigenvalue weighted by Gasteiger charge is 2.30. The second-order valence-corrected chi connectivity index (χ2v) is 10.6. The van der Waals surface area contributed by atoms with Crippen molar-refractivity contribution >= 4 is 18.4 Å². The van der Waals surface area contributed by atoms with Gasteiger partial charge in [0.25, 0.3) is 0 Å². The van der Waals surface area contributed by atoms with Crippen LogP contribution in [0.15, 0.2) is 78.9 Å². The fraction of sp³-hybridized carbons (Fsp3) is 0.424. The quantitative estimate of drug-likeness (QED) is 0.240. The van der Waals surface area contributed by atoms with Gasteiger partial charge in [-0.05, 0) is 60.6 Å². The van der Waals surface area contributed by atoms with E-state index in [9.17, 15) is 4.79 Å². The first kappa shape index (κ1) is 30.7. The summed E-state index contributed by atoms with van der Waals surface area (Å²) in [6.07, 6.45) is 1.01. The summed E-state index contributed by atoms with van der Waals surface area (Å²) in [6, 6.07) is 26.9. The summed E-state index contributed by atoms with van der Waals surface area (Å²) < 4.78 is 17.8. The smallest absolute Gasteiger partial charge is 0.313 e. The Bertz CT molecular complexity index is 1130. The maximum Gasteiger partial charge on any atom is 0.313 e. The Morgan fingerprint density at radius 3 is 2.31 bits per heavy atom. The van der Waals surface area contributed by atoms with E-state index in [4.69, 9.17) is 14.2 Å². The summed E-state index contributed by atoms with van der Waals surface area (Å²) in [6.45, 7) is 11.6. The Kier molecular flexibility index (Phi) is 11.9. The van der Waals surface area contributed by atoms with Crippen LogP contribution in [0.1, 0.15) is 62.0 Å². The molecule has 1 aliphatic rings.